The van der Waals surface area contributed by atoms with E-state index in [0.29, 0.717) is 16.8 Å². The molecular weight excluding hydrogens is 460 g/mol. The summed E-state index contributed by atoms with van der Waals surface area (Å²) in [6.45, 7) is 0. The van der Waals surface area contributed by atoms with E-state index in [2.05, 4.69) is 26.2 Å². The molecule has 0 spiro atoms. The van der Waals surface area contributed by atoms with E-state index >= 15 is 0 Å². The number of aliphatic hydroxyl groups is 1. The van der Waals surface area contributed by atoms with Gasteiger partial charge in [-0.05, 0) is 48.5 Å². The van der Waals surface area contributed by atoms with Gasteiger partial charge in [0.1, 0.15) is 23.2 Å². The molecule has 0 unspecified atom stereocenters. The summed E-state index contributed by atoms with van der Waals surface area (Å²) in [6.07, 6.45) is 0. The van der Waals surface area contributed by atoms with Crippen LogP contribution in [0.3, 0.4) is 0 Å². The van der Waals surface area contributed by atoms with Gasteiger partial charge in [0, 0.05) is 11.3 Å². The summed E-state index contributed by atoms with van der Waals surface area (Å²) in [5.41, 5.74) is 3.36. The first-order valence-electron chi connectivity index (χ1n) is 10.7. The summed E-state index contributed by atoms with van der Waals surface area (Å²) < 4.78 is 7.19. The quantitative estimate of drug-likeness (QED) is 0.182. The predicted octanol–water partition coefficient (Wildman–Crippen LogP) is 5.40. The lowest BCUT2D eigenvalue weighted by Crippen LogP contribution is -2.01. The first kappa shape index (κ1) is 22.3. The minimum Gasteiger partial charge on any atom is -0.510 e. The number of thioether (sulfide) groups is 1. The van der Waals surface area contributed by atoms with Crippen molar-refractivity contribution >= 4 is 28.4 Å². The van der Waals surface area contributed by atoms with Gasteiger partial charge in [0.25, 0.3) is 0 Å². The van der Waals surface area contributed by atoms with Gasteiger partial charge in [0.2, 0.25) is 0 Å². The fourth-order valence-corrected chi connectivity index (χ4v) is 4.46. The van der Waals surface area contributed by atoms with Gasteiger partial charge >= 0.3 is 0 Å². The number of H-pyrrole nitrogens is 1. The van der Waals surface area contributed by atoms with Crippen LogP contribution in [0.25, 0.3) is 33.7 Å². The Morgan fingerprint density at radius 2 is 1.77 bits per heavy atom. The van der Waals surface area contributed by atoms with E-state index in [1.54, 1.807) is 7.11 Å². The molecule has 9 heteroatoms. The maximum atomic E-state index is 10.8. The number of ether oxygens (including phenoxy) is 1. The molecule has 0 saturated heterocycles. The van der Waals surface area contributed by atoms with Gasteiger partial charge in [-0.25, -0.2) is 4.98 Å². The average Bonchev–Trinajstić information content (AvgIpc) is 3.53. The molecule has 172 valence electrons. The Labute approximate surface area is 205 Å². The number of para-hydroxylation sites is 3. The number of nitriles is 1. The largest absolute Gasteiger partial charge is 0.510 e. The highest BCUT2D eigenvalue weighted by Gasteiger charge is 2.19. The molecule has 35 heavy (non-hydrogen) atoms. The van der Waals surface area contributed by atoms with E-state index in [4.69, 9.17) is 4.74 Å². The van der Waals surface area contributed by atoms with E-state index in [1.807, 2.05) is 83.4 Å². The number of nitrogens with zero attached hydrogens (tertiary/aromatic N) is 5. The molecule has 8 nitrogen and oxygen atoms in total. The molecule has 0 aliphatic rings. The topological polar surface area (TPSA) is 113 Å². The monoisotopic (exact) mass is 480 g/mol. The maximum absolute atomic E-state index is 10.8. The van der Waals surface area contributed by atoms with Crippen LogP contribution >= 0.6 is 11.8 Å². The van der Waals surface area contributed by atoms with Gasteiger partial charge in [0.15, 0.2) is 16.8 Å². The fraction of sp³-hybridized carbons (Fsp3) is 0.0769. The molecule has 0 atom stereocenters. The SMILES string of the molecule is COc1ccc(-c2nnc(SCC(O)=C(C#N)c3nc4ccccc4[nH]3)n2-c2ccccc2)cc1. The first-order valence-corrected chi connectivity index (χ1v) is 11.7. The molecule has 0 aliphatic heterocycles. The van der Waals surface area contributed by atoms with Crippen LogP contribution in [-0.2, 0) is 0 Å². The minimum absolute atomic E-state index is 0.0924. The molecule has 2 aromatic heterocycles. The Kier molecular flexibility index (Phi) is 6.20. The first-order chi connectivity index (χ1) is 17.2. The van der Waals surface area contributed by atoms with Crippen molar-refractivity contribution in [1.82, 2.24) is 24.7 Å². The Bertz CT molecular complexity index is 1520. The lowest BCUT2D eigenvalue weighted by Gasteiger charge is -2.11. The second-order valence-corrected chi connectivity index (χ2v) is 8.47. The third kappa shape index (κ3) is 4.47. The van der Waals surface area contributed by atoms with E-state index in [1.165, 1.54) is 11.8 Å². The van der Waals surface area contributed by atoms with Crippen LogP contribution in [0.2, 0.25) is 0 Å². The molecule has 2 N–H and O–H groups in total. The molecule has 0 fully saturated rings. The lowest BCUT2D eigenvalue weighted by molar-refractivity contribution is 0.415. The van der Waals surface area contributed by atoms with E-state index in [9.17, 15) is 10.4 Å². The number of allylic oxidation sites excluding steroid dienone is 1. The van der Waals surface area contributed by atoms with Crippen molar-refractivity contribution in [3.05, 3.63) is 90.4 Å². The van der Waals surface area contributed by atoms with Crippen molar-refractivity contribution in [2.45, 2.75) is 5.16 Å². The van der Waals surface area contributed by atoms with Crippen molar-refractivity contribution in [3.8, 4) is 28.9 Å². The molecule has 0 amide bonds. The predicted molar refractivity (Wildman–Crippen MR) is 135 cm³/mol. The van der Waals surface area contributed by atoms with Gasteiger partial charge in [-0.1, -0.05) is 42.1 Å². The normalized spacial score (nSPS) is 11.8. The highest BCUT2D eigenvalue weighted by atomic mass is 32.2. The van der Waals surface area contributed by atoms with Crippen LogP contribution in [0.15, 0.2) is 89.8 Å². The number of benzene rings is 3. The second kappa shape index (κ2) is 9.75. The second-order valence-electron chi connectivity index (χ2n) is 7.53. The van der Waals surface area contributed by atoms with Crippen LogP contribution in [0.4, 0.5) is 0 Å². The van der Waals surface area contributed by atoms with E-state index < -0.39 is 0 Å². The molecule has 5 aromatic rings. The van der Waals surface area contributed by atoms with Crippen molar-refractivity contribution < 1.29 is 9.84 Å². The van der Waals surface area contributed by atoms with Crippen molar-refractivity contribution in [1.29, 1.82) is 5.26 Å². The van der Waals surface area contributed by atoms with Crippen molar-refractivity contribution in [2.75, 3.05) is 12.9 Å². The number of nitrogens with one attached hydrogen (secondary N) is 1. The summed E-state index contributed by atoms with van der Waals surface area (Å²) in [5.74, 6) is 1.76. The Morgan fingerprint density at radius 3 is 2.49 bits per heavy atom. The number of imidazole rings is 1. The number of hydrogen-bond donors (Lipinski definition) is 2. The number of hydrogen-bond acceptors (Lipinski definition) is 7. The Morgan fingerprint density at radius 1 is 1.03 bits per heavy atom. The summed E-state index contributed by atoms with van der Waals surface area (Å²) in [6, 6.07) is 26.9. The van der Waals surface area contributed by atoms with Gasteiger partial charge in [-0.2, -0.15) is 5.26 Å². The maximum Gasteiger partial charge on any atom is 0.196 e. The van der Waals surface area contributed by atoms with Gasteiger partial charge in [0.05, 0.1) is 23.9 Å². The van der Waals surface area contributed by atoms with Crippen LogP contribution in [0, 0.1) is 11.3 Å². The molecule has 0 aliphatic carbocycles. The van der Waals surface area contributed by atoms with Crippen molar-refractivity contribution in [3.63, 3.8) is 0 Å². The average molecular weight is 481 g/mol. The smallest absolute Gasteiger partial charge is 0.196 e. The molecular formula is C26H20N6O2S. The zero-order valence-electron chi connectivity index (χ0n) is 18.7. The third-order valence-corrected chi connectivity index (χ3v) is 6.30. The van der Waals surface area contributed by atoms with Crippen LogP contribution < -0.4 is 4.74 Å². The minimum atomic E-state index is -0.0924. The van der Waals surface area contributed by atoms with Crippen LogP contribution in [0.5, 0.6) is 5.75 Å². The van der Waals surface area contributed by atoms with Crippen molar-refractivity contribution in [2.24, 2.45) is 0 Å². The van der Waals surface area contributed by atoms with E-state index in [0.717, 1.165) is 28.0 Å². The standard InChI is InChI=1S/C26H20N6O2S/c1-34-19-13-11-17(12-14-19)25-30-31-26(32(25)18-7-3-2-4-8-18)35-16-23(33)20(15-27)24-28-21-9-5-6-10-22(21)29-24/h2-14,33H,16H2,1H3,(H,28,29). The molecule has 0 saturated carbocycles. The highest BCUT2D eigenvalue weighted by molar-refractivity contribution is 7.99. The van der Waals surface area contributed by atoms with Gasteiger partial charge in [-0.3, -0.25) is 4.57 Å². The summed E-state index contributed by atoms with van der Waals surface area (Å²) in [7, 11) is 1.62. The molecule has 0 radical (unpaired) electrons. The van der Waals surface area contributed by atoms with Gasteiger partial charge < -0.3 is 14.8 Å². The number of rotatable bonds is 7. The van der Waals surface area contributed by atoms with Gasteiger partial charge in [-0.15, -0.1) is 10.2 Å². The third-order valence-electron chi connectivity index (χ3n) is 5.36. The summed E-state index contributed by atoms with van der Waals surface area (Å²) in [5, 5.41) is 29.9. The highest BCUT2D eigenvalue weighted by Crippen LogP contribution is 2.30. The number of fused-ring (bicyclic) bond motifs is 1. The zero-order chi connectivity index (χ0) is 24.2. The molecule has 0 bridgehead atoms. The number of aliphatic hydroxyl groups excluding tert-OH is 1. The fourth-order valence-electron chi connectivity index (χ4n) is 3.63. The van der Waals surface area contributed by atoms with Crippen LogP contribution in [0.1, 0.15) is 5.82 Å². The zero-order valence-corrected chi connectivity index (χ0v) is 19.5. The molecule has 2 heterocycles. The summed E-state index contributed by atoms with van der Waals surface area (Å²) >= 11 is 1.28. The van der Waals surface area contributed by atoms with Crippen LogP contribution in [-0.4, -0.2) is 42.7 Å². The molecule has 3 aromatic carbocycles. The number of aromatic nitrogens is 5. The van der Waals surface area contributed by atoms with E-state index in [-0.39, 0.29) is 17.1 Å². The Balaban J connectivity index is 1.48. The molecule has 5 rings (SSSR count). The number of methoxy groups -OCH3 is 1. The lowest BCUT2D eigenvalue weighted by atomic mass is 10.2. The number of aromatic amines is 1. The summed E-state index contributed by atoms with van der Waals surface area (Å²) in [4.78, 5) is 7.53. The Hall–Kier alpha value is -4.55.